The highest BCUT2D eigenvalue weighted by Gasteiger charge is 2.27. The minimum atomic E-state index is -0.135. The Morgan fingerprint density at radius 1 is 1.31 bits per heavy atom. The molecule has 1 saturated heterocycles. The summed E-state index contributed by atoms with van der Waals surface area (Å²) in [5, 5.41) is 0. The summed E-state index contributed by atoms with van der Waals surface area (Å²) in [4.78, 5) is 2.40. The molecule has 0 bridgehead atoms. The third kappa shape index (κ3) is 2.43. The van der Waals surface area contributed by atoms with Gasteiger partial charge in [0.25, 0.3) is 0 Å². The van der Waals surface area contributed by atoms with E-state index in [-0.39, 0.29) is 5.82 Å². The number of piperidine rings is 1. The van der Waals surface area contributed by atoms with Crippen molar-refractivity contribution in [1.29, 1.82) is 0 Å². The van der Waals surface area contributed by atoms with Crippen LogP contribution in [0.25, 0.3) is 0 Å². The van der Waals surface area contributed by atoms with Gasteiger partial charge in [0.2, 0.25) is 0 Å². The van der Waals surface area contributed by atoms with Crippen LogP contribution in [0.15, 0.2) is 24.3 Å². The number of rotatable bonds is 2. The Morgan fingerprint density at radius 2 is 2.00 bits per heavy atom. The molecular formula is C14H20FN. The number of likely N-dealkylation sites (tertiary alicyclic amines) is 1. The molecule has 2 atom stereocenters. The van der Waals surface area contributed by atoms with Gasteiger partial charge in [-0.05, 0) is 49.5 Å². The molecule has 2 heteroatoms. The lowest BCUT2D eigenvalue weighted by molar-refractivity contribution is 0.180. The Balaban J connectivity index is 2.15. The SMILES string of the molecule is CC[C@@H]1CN(C)CCC1c1ccc(F)cc1. The number of benzene rings is 1. The van der Waals surface area contributed by atoms with Crippen LogP contribution in [0.3, 0.4) is 0 Å². The van der Waals surface area contributed by atoms with Gasteiger partial charge in [-0.2, -0.15) is 0 Å². The van der Waals surface area contributed by atoms with Crippen LogP contribution in [0.1, 0.15) is 31.2 Å². The van der Waals surface area contributed by atoms with Crippen LogP contribution in [-0.2, 0) is 0 Å². The maximum absolute atomic E-state index is 12.9. The molecule has 2 rings (SSSR count). The summed E-state index contributed by atoms with van der Waals surface area (Å²) in [7, 11) is 2.18. The monoisotopic (exact) mass is 221 g/mol. The van der Waals surface area contributed by atoms with Crippen LogP contribution in [0.5, 0.6) is 0 Å². The number of nitrogens with zero attached hydrogens (tertiary/aromatic N) is 1. The summed E-state index contributed by atoms with van der Waals surface area (Å²) in [6.45, 7) is 4.57. The number of hydrogen-bond donors (Lipinski definition) is 0. The Labute approximate surface area is 97.3 Å². The van der Waals surface area contributed by atoms with Crippen molar-refractivity contribution in [2.75, 3.05) is 20.1 Å². The first-order valence-electron chi connectivity index (χ1n) is 6.14. The van der Waals surface area contributed by atoms with Gasteiger partial charge in [-0.15, -0.1) is 0 Å². The molecule has 0 aromatic heterocycles. The zero-order valence-electron chi connectivity index (χ0n) is 10.1. The van der Waals surface area contributed by atoms with E-state index in [0.29, 0.717) is 11.8 Å². The maximum atomic E-state index is 12.9. The molecule has 1 unspecified atom stereocenters. The predicted octanol–water partition coefficient (Wildman–Crippen LogP) is 3.27. The largest absolute Gasteiger partial charge is 0.306 e. The second-order valence-corrected chi connectivity index (χ2v) is 4.88. The van der Waals surface area contributed by atoms with Gasteiger partial charge < -0.3 is 4.90 Å². The van der Waals surface area contributed by atoms with Gasteiger partial charge in [-0.1, -0.05) is 25.5 Å². The molecule has 16 heavy (non-hydrogen) atoms. The molecule has 0 amide bonds. The highest BCUT2D eigenvalue weighted by atomic mass is 19.1. The van der Waals surface area contributed by atoms with E-state index < -0.39 is 0 Å². The quantitative estimate of drug-likeness (QED) is 0.741. The third-order valence-electron chi connectivity index (χ3n) is 3.76. The number of halogens is 1. The van der Waals surface area contributed by atoms with E-state index in [0.717, 1.165) is 6.54 Å². The van der Waals surface area contributed by atoms with Gasteiger partial charge in [0, 0.05) is 6.54 Å². The van der Waals surface area contributed by atoms with E-state index in [9.17, 15) is 4.39 Å². The molecule has 88 valence electrons. The lowest BCUT2D eigenvalue weighted by Crippen LogP contribution is -2.36. The van der Waals surface area contributed by atoms with E-state index in [1.54, 1.807) is 12.1 Å². The van der Waals surface area contributed by atoms with Crippen LogP contribution >= 0.6 is 0 Å². The zero-order chi connectivity index (χ0) is 11.5. The highest BCUT2D eigenvalue weighted by Crippen LogP contribution is 2.34. The summed E-state index contributed by atoms with van der Waals surface area (Å²) in [6, 6.07) is 7.07. The van der Waals surface area contributed by atoms with Gasteiger partial charge in [0.1, 0.15) is 5.82 Å². The fourth-order valence-corrected chi connectivity index (χ4v) is 2.78. The molecule has 1 nitrogen and oxygen atoms in total. The fraction of sp³-hybridized carbons (Fsp3) is 0.571. The Kier molecular flexibility index (Phi) is 3.59. The average molecular weight is 221 g/mol. The van der Waals surface area contributed by atoms with Crippen molar-refractivity contribution in [2.45, 2.75) is 25.7 Å². The summed E-state index contributed by atoms with van der Waals surface area (Å²) < 4.78 is 12.9. The minimum Gasteiger partial charge on any atom is -0.306 e. The van der Waals surface area contributed by atoms with E-state index >= 15 is 0 Å². The molecular weight excluding hydrogens is 201 g/mol. The standard InChI is InChI=1S/C14H20FN/c1-3-11-10-16(2)9-8-14(11)12-4-6-13(15)7-5-12/h4-7,11,14H,3,8-10H2,1-2H3/t11-,14?/m1/s1. The van der Waals surface area contributed by atoms with E-state index in [2.05, 4.69) is 18.9 Å². The van der Waals surface area contributed by atoms with Crippen LogP contribution in [0.2, 0.25) is 0 Å². The minimum absolute atomic E-state index is 0.135. The first kappa shape index (κ1) is 11.6. The Bertz CT molecular complexity index is 333. The molecule has 0 radical (unpaired) electrons. The van der Waals surface area contributed by atoms with E-state index in [1.807, 2.05) is 12.1 Å². The average Bonchev–Trinajstić information content (AvgIpc) is 2.30. The summed E-state index contributed by atoms with van der Waals surface area (Å²) in [6.07, 6.45) is 2.40. The first-order valence-corrected chi connectivity index (χ1v) is 6.14. The number of hydrogen-bond acceptors (Lipinski definition) is 1. The van der Waals surface area contributed by atoms with Crippen molar-refractivity contribution < 1.29 is 4.39 Å². The third-order valence-corrected chi connectivity index (χ3v) is 3.76. The molecule has 0 saturated carbocycles. The summed E-state index contributed by atoms with van der Waals surface area (Å²) in [5.41, 5.74) is 1.31. The first-order chi connectivity index (χ1) is 7.70. The normalized spacial score (nSPS) is 26.9. The van der Waals surface area contributed by atoms with Gasteiger partial charge in [0.05, 0.1) is 0 Å². The Morgan fingerprint density at radius 3 is 2.62 bits per heavy atom. The molecule has 1 aliphatic heterocycles. The van der Waals surface area contributed by atoms with Gasteiger partial charge in [-0.3, -0.25) is 0 Å². The second kappa shape index (κ2) is 4.96. The lowest BCUT2D eigenvalue weighted by Gasteiger charge is -2.36. The molecule has 1 fully saturated rings. The summed E-state index contributed by atoms with van der Waals surface area (Å²) in [5.74, 6) is 1.19. The van der Waals surface area contributed by atoms with Crippen molar-refractivity contribution in [3.63, 3.8) is 0 Å². The van der Waals surface area contributed by atoms with Gasteiger partial charge >= 0.3 is 0 Å². The molecule has 0 spiro atoms. The lowest BCUT2D eigenvalue weighted by atomic mass is 9.79. The molecule has 1 aromatic rings. The van der Waals surface area contributed by atoms with Crippen molar-refractivity contribution in [3.05, 3.63) is 35.6 Å². The van der Waals surface area contributed by atoms with Crippen LogP contribution in [0.4, 0.5) is 4.39 Å². The Hall–Kier alpha value is -0.890. The van der Waals surface area contributed by atoms with Crippen LogP contribution < -0.4 is 0 Å². The van der Waals surface area contributed by atoms with Crippen molar-refractivity contribution in [3.8, 4) is 0 Å². The van der Waals surface area contributed by atoms with E-state index in [1.165, 1.54) is 24.9 Å². The van der Waals surface area contributed by atoms with Crippen LogP contribution in [0, 0.1) is 11.7 Å². The molecule has 0 aliphatic carbocycles. The van der Waals surface area contributed by atoms with Gasteiger partial charge in [-0.25, -0.2) is 4.39 Å². The molecule has 1 heterocycles. The molecule has 1 aliphatic rings. The smallest absolute Gasteiger partial charge is 0.123 e. The molecule has 1 aromatic carbocycles. The van der Waals surface area contributed by atoms with E-state index in [4.69, 9.17) is 0 Å². The molecule has 0 N–H and O–H groups in total. The topological polar surface area (TPSA) is 3.24 Å². The maximum Gasteiger partial charge on any atom is 0.123 e. The summed E-state index contributed by atoms with van der Waals surface area (Å²) >= 11 is 0. The van der Waals surface area contributed by atoms with Gasteiger partial charge in [0.15, 0.2) is 0 Å². The van der Waals surface area contributed by atoms with Crippen LogP contribution in [-0.4, -0.2) is 25.0 Å². The highest BCUT2D eigenvalue weighted by molar-refractivity contribution is 5.22. The fourth-order valence-electron chi connectivity index (χ4n) is 2.78. The van der Waals surface area contributed by atoms with Crippen molar-refractivity contribution >= 4 is 0 Å². The second-order valence-electron chi connectivity index (χ2n) is 4.88. The zero-order valence-corrected chi connectivity index (χ0v) is 10.1. The predicted molar refractivity (Wildman–Crippen MR) is 65.0 cm³/mol. The van der Waals surface area contributed by atoms with Crippen molar-refractivity contribution in [1.82, 2.24) is 4.90 Å². The van der Waals surface area contributed by atoms with Crippen molar-refractivity contribution in [2.24, 2.45) is 5.92 Å².